The number of likely N-dealkylation sites (N-methyl/N-ethyl adjacent to an activating group) is 1. The van der Waals surface area contributed by atoms with Crippen LogP contribution in [0.1, 0.15) is 0 Å². The van der Waals surface area contributed by atoms with Crippen molar-refractivity contribution in [1.29, 1.82) is 0 Å². The second-order valence-electron chi connectivity index (χ2n) is 6.76. The fourth-order valence-corrected chi connectivity index (χ4v) is 3.18. The molecule has 3 aromatic heterocycles. The highest BCUT2D eigenvalue weighted by molar-refractivity contribution is 5.67. The van der Waals surface area contributed by atoms with E-state index in [4.69, 9.17) is 14.5 Å². The van der Waals surface area contributed by atoms with Crippen LogP contribution in [-0.2, 0) is 0 Å². The minimum atomic E-state index is 0.235. The Bertz CT molecular complexity index is 973. The van der Waals surface area contributed by atoms with Crippen LogP contribution in [0.15, 0.2) is 36.9 Å². The van der Waals surface area contributed by atoms with Gasteiger partial charge < -0.3 is 19.3 Å². The second kappa shape index (κ2) is 8.36. The van der Waals surface area contributed by atoms with Gasteiger partial charge in [-0.2, -0.15) is 4.98 Å². The molecule has 150 valence electrons. The number of aromatic nitrogens is 5. The normalized spacial score (nSPS) is 14.7. The molecule has 0 spiro atoms. The molecule has 1 saturated heterocycles. The summed E-state index contributed by atoms with van der Waals surface area (Å²) in [6, 6.07) is 4.29. The largest absolute Gasteiger partial charge is 0.480 e. The van der Waals surface area contributed by atoms with Gasteiger partial charge in [-0.25, -0.2) is 15.0 Å². The van der Waals surface area contributed by atoms with Crippen LogP contribution < -0.4 is 14.4 Å². The fourth-order valence-electron chi connectivity index (χ4n) is 3.18. The molecular formula is C20H23N7O2. The van der Waals surface area contributed by atoms with E-state index in [1.807, 2.05) is 18.3 Å². The molecule has 4 heterocycles. The minimum Gasteiger partial charge on any atom is -0.480 e. The molecule has 0 unspecified atom stereocenters. The lowest BCUT2D eigenvalue weighted by atomic mass is 10.2. The monoisotopic (exact) mass is 393 g/mol. The van der Waals surface area contributed by atoms with E-state index in [1.54, 1.807) is 25.7 Å². The van der Waals surface area contributed by atoms with Crippen molar-refractivity contribution in [2.45, 2.75) is 0 Å². The zero-order valence-electron chi connectivity index (χ0n) is 16.7. The first-order valence-corrected chi connectivity index (χ1v) is 9.35. The van der Waals surface area contributed by atoms with E-state index in [2.05, 4.69) is 36.8 Å². The summed E-state index contributed by atoms with van der Waals surface area (Å²) in [6.07, 6.45) is 6.83. The molecule has 1 aliphatic heterocycles. The summed E-state index contributed by atoms with van der Waals surface area (Å²) >= 11 is 0. The van der Waals surface area contributed by atoms with Gasteiger partial charge in [0.2, 0.25) is 5.88 Å². The highest BCUT2D eigenvalue weighted by atomic mass is 16.5. The third-order valence-corrected chi connectivity index (χ3v) is 4.89. The van der Waals surface area contributed by atoms with Crippen LogP contribution >= 0.6 is 0 Å². The summed E-state index contributed by atoms with van der Waals surface area (Å²) in [5, 5.41) is 0. The molecule has 9 nitrogen and oxygen atoms in total. The lowest BCUT2D eigenvalue weighted by molar-refractivity contribution is 0.312. The van der Waals surface area contributed by atoms with E-state index in [0.29, 0.717) is 17.1 Å². The Morgan fingerprint density at radius 2 is 1.62 bits per heavy atom. The van der Waals surface area contributed by atoms with E-state index in [9.17, 15) is 0 Å². The van der Waals surface area contributed by atoms with Crippen molar-refractivity contribution in [2.75, 3.05) is 52.3 Å². The van der Waals surface area contributed by atoms with Gasteiger partial charge in [-0.15, -0.1) is 0 Å². The van der Waals surface area contributed by atoms with Crippen LogP contribution in [0.5, 0.6) is 11.9 Å². The van der Waals surface area contributed by atoms with Crippen molar-refractivity contribution in [2.24, 2.45) is 0 Å². The van der Waals surface area contributed by atoms with Gasteiger partial charge in [0.15, 0.2) is 0 Å². The molecule has 0 atom stereocenters. The first kappa shape index (κ1) is 19.0. The predicted octanol–water partition coefficient (Wildman–Crippen LogP) is 1.76. The average molecular weight is 393 g/mol. The van der Waals surface area contributed by atoms with Crippen LogP contribution in [-0.4, -0.2) is 77.3 Å². The van der Waals surface area contributed by atoms with Crippen molar-refractivity contribution in [3.63, 3.8) is 0 Å². The van der Waals surface area contributed by atoms with Crippen molar-refractivity contribution >= 4 is 5.82 Å². The maximum absolute atomic E-state index is 5.36. The third kappa shape index (κ3) is 4.09. The minimum absolute atomic E-state index is 0.235. The molecule has 0 saturated carbocycles. The lowest BCUT2D eigenvalue weighted by Crippen LogP contribution is -2.44. The molecular weight excluding hydrogens is 370 g/mol. The Morgan fingerprint density at radius 3 is 2.31 bits per heavy atom. The maximum Gasteiger partial charge on any atom is 0.319 e. The van der Waals surface area contributed by atoms with Gasteiger partial charge in [0, 0.05) is 44.1 Å². The lowest BCUT2D eigenvalue weighted by Gasteiger charge is -2.33. The molecule has 3 aromatic rings. The molecule has 0 radical (unpaired) electrons. The van der Waals surface area contributed by atoms with Crippen LogP contribution in [0, 0.1) is 0 Å². The Morgan fingerprint density at radius 1 is 0.828 bits per heavy atom. The number of pyridine rings is 1. The number of hydrogen-bond donors (Lipinski definition) is 0. The van der Waals surface area contributed by atoms with E-state index >= 15 is 0 Å². The number of anilines is 1. The number of ether oxygens (including phenoxy) is 2. The smallest absolute Gasteiger partial charge is 0.319 e. The second-order valence-corrected chi connectivity index (χ2v) is 6.76. The van der Waals surface area contributed by atoms with Gasteiger partial charge >= 0.3 is 6.01 Å². The quantitative estimate of drug-likeness (QED) is 0.643. The Hall–Kier alpha value is -3.33. The van der Waals surface area contributed by atoms with Crippen LogP contribution in [0.3, 0.4) is 0 Å². The standard InChI is InChI=1S/C20H23N7O2/c1-26-6-8-27(9-7-26)18-5-4-14(10-22-18)16-12-21-13-17(24-16)15-11-23-20(29-3)25-19(15)28-2/h4-5,10-13H,6-9H2,1-3H3. The zero-order chi connectivity index (χ0) is 20.2. The van der Waals surface area contributed by atoms with Gasteiger partial charge in [-0.3, -0.25) is 4.98 Å². The van der Waals surface area contributed by atoms with Crippen molar-refractivity contribution < 1.29 is 9.47 Å². The highest BCUT2D eigenvalue weighted by Crippen LogP contribution is 2.28. The molecule has 0 N–H and O–H groups in total. The van der Waals surface area contributed by atoms with Crippen molar-refractivity contribution in [3.05, 3.63) is 36.9 Å². The van der Waals surface area contributed by atoms with E-state index in [0.717, 1.165) is 43.3 Å². The highest BCUT2D eigenvalue weighted by Gasteiger charge is 2.16. The molecule has 29 heavy (non-hydrogen) atoms. The first-order valence-electron chi connectivity index (χ1n) is 9.35. The van der Waals surface area contributed by atoms with E-state index < -0.39 is 0 Å². The Kier molecular flexibility index (Phi) is 5.48. The zero-order valence-corrected chi connectivity index (χ0v) is 16.7. The van der Waals surface area contributed by atoms with Crippen LogP contribution in [0.2, 0.25) is 0 Å². The molecule has 0 aromatic carbocycles. The number of piperazine rings is 1. The molecule has 0 amide bonds. The van der Waals surface area contributed by atoms with Gasteiger partial charge in [-0.05, 0) is 19.2 Å². The summed E-state index contributed by atoms with van der Waals surface area (Å²) < 4.78 is 10.4. The summed E-state index contributed by atoms with van der Waals surface area (Å²) in [6.45, 7) is 4.05. The van der Waals surface area contributed by atoms with Crippen molar-refractivity contribution in [3.8, 4) is 34.4 Å². The molecule has 9 heteroatoms. The van der Waals surface area contributed by atoms with Crippen molar-refractivity contribution in [1.82, 2.24) is 29.8 Å². The average Bonchev–Trinajstić information content (AvgIpc) is 2.79. The summed E-state index contributed by atoms with van der Waals surface area (Å²) in [5.41, 5.74) is 2.87. The predicted molar refractivity (Wildman–Crippen MR) is 109 cm³/mol. The van der Waals surface area contributed by atoms with E-state index in [1.165, 1.54) is 7.11 Å². The number of nitrogens with zero attached hydrogens (tertiary/aromatic N) is 7. The molecule has 0 bridgehead atoms. The van der Waals surface area contributed by atoms with E-state index in [-0.39, 0.29) is 6.01 Å². The number of methoxy groups -OCH3 is 2. The molecule has 0 aliphatic carbocycles. The Balaban J connectivity index is 1.59. The van der Waals surface area contributed by atoms with Crippen LogP contribution in [0.4, 0.5) is 5.82 Å². The fraction of sp³-hybridized carbons (Fsp3) is 0.350. The third-order valence-electron chi connectivity index (χ3n) is 4.89. The maximum atomic E-state index is 5.36. The number of hydrogen-bond acceptors (Lipinski definition) is 9. The topological polar surface area (TPSA) is 89.4 Å². The van der Waals surface area contributed by atoms with Gasteiger partial charge in [-0.1, -0.05) is 0 Å². The summed E-state index contributed by atoms with van der Waals surface area (Å²) in [4.78, 5) is 26.7. The SMILES string of the molecule is COc1ncc(-c2cncc(-c3ccc(N4CCN(C)CC4)nc3)n2)c(OC)n1. The van der Waals surface area contributed by atoms with Gasteiger partial charge in [0.1, 0.15) is 5.82 Å². The summed E-state index contributed by atoms with van der Waals surface area (Å²) in [5.74, 6) is 1.36. The first-order chi connectivity index (χ1) is 14.2. The number of rotatable bonds is 5. The summed E-state index contributed by atoms with van der Waals surface area (Å²) in [7, 11) is 5.19. The van der Waals surface area contributed by atoms with Gasteiger partial charge in [0.25, 0.3) is 0 Å². The Labute approximate surface area is 169 Å². The molecule has 1 aliphatic rings. The molecule has 1 fully saturated rings. The van der Waals surface area contributed by atoms with Gasteiger partial charge in [0.05, 0.1) is 43.6 Å². The molecule has 4 rings (SSSR count). The van der Waals surface area contributed by atoms with Crippen LogP contribution in [0.25, 0.3) is 22.5 Å².